The molecule has 3 rings (SSSR count). The minimum absolute atomic E-state index is 0.250. The third-order valence-corrected chi connectivity index (χ3v) is 3.52. The summed E-state index contributed by atoms with van der Waals surface area (Å²) in [5.41, 5.74) is 1.05. The molecule has 0 aliphatic carbocycles. The maximum absolute atomic E-state index is 9.59. The van der Waals surface area contributed by atoms with Crippen LogP contribution >= 0.6 is 0 Å². The molecule has 2 aromatic rings. The maximum Gasteiger partial charge on any atom is 0.224 e. The lowest BCUT2D eigenvalue weighted by Crippen LogP contribution is -2.22. The van der Waals surface area contributed by atoms with Crippen molar-refractivity contribution in [1.82, 2.24) is 15.0 Å². The Balaban J connectivity index is 1.56. The minimum atomic E-state index is -0.250. The van der Waals surface area contributed by atoms with E-state index >= 15 is 0 Å². The number of aliphatic hydroxyl groups excluding tert-OH is 1. The van der Waals surface area contributed by atoms with E-state index in [9.17, 15) is 5.11 Å². The number of nitrogens with one attached hydrogen (secondary N) is 1. The summed E-state index contributed by atoms with van der Waals surface area (Å²) in [5.74, 6) is 1.48. The second-order valence-corrected chi connectivity index (χ2v) is 5.12. The molecule has 0 bridgehead atoms. The van der Waals surface area contributed by atoms with Gasteiger partial charge in [-0.2, -0.15) is 4.98 Å². The SMILES string of the molecule is OC1CCN(c2ccnc(NCCc3ccccn3)n2)C1. The summed E-state index contributed by atoms with van der Waals surface area (Å²) in [5, 5.41) is 12.8. The van der Waals surface area contributed by atoms with Crippen LogP contribution in [0.5, 0.6) is 0 Å². The van der Waals surface area contributed by atoms with Crippen molar-refractivity contribution < 1.29 is 5.11 Å². The fraction of sp³-hybridized carbons (Fsp3) is 0.400. The van der Waals surface area contributed by atoms with Crippen molar-refractivity contribution in [3.63, 3.8) is 0 Å². The summed E-state index contributed by atoms with van der Waals surface area (Å²) in [6, 6.07) is 7.78. The van der Waals surface area contributed by atoms with Crippen LogP contribution in [0.25, 0.3) is 0 Å². The highest BCUT2D eigenvalue weighted by Crippen LogP contribution is 2.18. The predicted molar refractivity (Wildman–Crippen MR) is 81.3 cm³/mol. The van der Waals surface area contributed by atoms with Gasteiger partial charge in [0.1, 0.15) is 5.82 Å². The highest BCUT2D eigenvalue weighted by Gasteiger charge is 2.21. The van der Waals surface area contributed by atoms with Gasteiger partial charge in [0.05, 0.1) is 6.10 Å². The molecule has 1 saturated heterocycles. The largest absolute Gasteiger partial charge is 0.391 e. The van der Waals surface area contributed by atoms with Crippen LogP contribution in [-0.2, 0) is 6.42 Å². The van der Waals surface area contributed by atoms with Gasteiger partial charge in [-0.25, -0.2) is 4.98 Å². The molecule has 1 aliphatic rings. The van der Waals surface area contributed by atoms with Crippen molar-refractivity contribution in [2.45, 2.75) is 18.9 Å². The van der Waals surface area contributed by atoms with Crippen molar-refractivity contribution in [3.05, 3.63) is 42.4 Å². The number of pyridine rings is 1. The second kappa shape index (κ2) is 6.49. The molecule has 0 radical (unpaired) electrons. The number of hydrogen-bond acceptors (Lipinski definition) is 6. The normalized spacial score (nSPS) is 18.0. The Morgan fingerprint density at radius 2 is 2.19 bits per heavy atom. The Morgan fingerprint density at radius 1 is 1.24 bits per heavy atom. The van der Waals surface area contributed by atoms with E-state index in [-0.39, 0.29) is 6.10 Å². The second-order valence-electron chi connectivity index (χ2n) is 5.12. The van der Waals surface area contributed by atoms with Crippen LogP contribution in [0.2, 0.25) is 0 Å². The van der Waals surface area contributed by atoms with E-state index in [0.717, 1.165) is 37.4 Å². The first-order valence-electron chi connectivity index (χ1n) is 7.21. The van der Waals surface area contributed by atoms with Gasteiger partial charge < -0.3 is 15.3 Å². The highest BCUT2D eigenvalue weighted by molar-refractivity contribution is 5.43. The zero-order valence-electron chi connectivity index (χ0n) is 11.8. The van der Waals surface area contributed by atoms with E-state index in [1.54, 1.807) is 12.4 Å². The van der Waals surface area contributed by atoms with Crippen LogP contribution in [0, 0.1) is 0 Å². The lowest BCUT2D eigenvalue weighted by Gasteiger charge is -2.16. The number of rotatable bonds is 5. The van der Waals surface area contributed by atoms with E-state index in [4.69, 9.17) is 0 Å². The molecule has 110 valence electrons. The highest BCUT2D eigenvalue weighted by atomic mass is 16.3. The Morgan fingerprint density at radius 3 is 2.95 bits per heavy atom. The smallest absolute Gasteiger partial charge is 0.224 e. The lowest BCUT2D eigenvalue weighted by molar-refractivity contribution is 0.198. The first kappa shape index (κ1) is 13.8. The summed E-state index contributed by atoms with van der Waals surface area (Å²) in [6.07, 6.45) is 4.92. The first-order valence-corrected chi connectivity index (χ1v) is 7.21. The van der Waals surface area contributed by atoms with Gasteiger partial charge in [0.2, 0.25) is 5.95 Å². The molecule has 3 heterocycles. The van der Waals surface area contributed by atoms with E-state index in [0.29, 0.717) is 12.5 Å². The van der Waals surface area contributed by atoms with Crippen LogP contribution in [-0.4, -0.2) is 45.8 Å². The Kier molecular flexibility index (Phi) is 4.25. The van der Waals surface area contributed by atoms with Gasteiger partial charge in [-0.05, 0) is 24.6 Å². The molecule has 6 nitrogen and oxygen atoms in total. The molecular formula is C15H19N5O. The van der Waals surface area contributed by atoms with Gasteiger partial charge in [0, 0.05) is 44.1 Å². The number of anilines is 2. The van der Waals surface area contributed by atoms with Gasteiger partial charge in [0.15, 0.2) is 0 Å². The number of aliphatic hydroxyl groups is 1. The Hall–Kier alpha value is -2.21. The molecule has 0 spiro atoms. The van der Waals surface area contributed by atoms with Crippen molar-refractivity contribution in [3.8, 4) is 0 Å². The third kappa shape index (κ3) is 3.66. The molecule has 6 heteroatoms. The molecule has 1 fully saturated rings. The fourth-order valence-electron chi connectivity index (χ4n) is 2.41. The number of aromatic nitrogens is 3. The monoisotopic (exact) mass is 285 g/mol. The van der Waals surface area contributed by atoms with E-state index in [1.165, 1.54) is 0 Å². The number of β-amino-alcohol motifs (C(OH)–C–C–N with tert-alkyl or cyclic N) is 1. The molecule has 1 unspecified atom stereocenters. The molecular weight excluding hydrogens is 266 g/mol. The Labute approximate surface area is 123 Å². The molecule has 0 saturated carbocycles. The molecule has 2 aromatic heterocycles. The van der Waals surface area contributed by atoms with Gasteiger partial charge >= 0.3 is 0 Å². The quantitative estimate of drug-likeness (QED) is 0.857. The van der Waals surface area contributed by atoms with E-state index < -0.39 is 0 Å². The average Bonchev–Trinajstić information content (AvgIpc) is 2.95. The topological polar surface area (TPSA) is 74.2 Å². The summed E-state index contributed by atoms with van der Waals surface area (Å²) < 4.78 is 0. The van der Waals surface area contributed by atoms with Crippen LogP contribution in [0.15, 0.2) is 36.7 Å². The summed E-state index contributed by atoms with van der Waals surface area (Å²) in [7, 11) is 0. The van der Waals surface area contributed by atoms with Crippen LogP contribution < -0.4 is 10.2 Å². The summed E-state index contributed by atoms with van der Waals surface area (Å²) in [6.45, 7) is 2.22. The third-order valence-electron chi connectivity index (χ3n) is 3.52. The van der Waals surface area contributed by atoms with Crippen molar-refractivity contribution in [2.24, 2.45) is 0 Å². The zero-order chi connectivity index (χ0) is 14.5. The lowest BCUT2D eigenvalue weighted by atomic mass is 10.3. The van der Waals surface area contributed by atoms with Crippen molar-refractivity contribution in [2.75, 3.05) is 29.9 Å². The molecule has 1 atom stereocenters. The Bertz CT molecular complexity index is 577. The van der Waals surface area contributed by atoms with E-state index in [2.05, 4.69) is 25.2 Å². The molecule has 2 N–H and O–H groups in total. The van der Waals surface area contributed by atoms with Gasteiger partial charge in [0.25, 0.3) is 0 Å². The fourth-order valence-corrected chi connectivity index (χ4v) is 2.41. The molecule has 21 heavy (non-hydrogen) atoms. The molecule has 1 aliphatic heterocycles. The molecule has 0 aromatic carbocycles. The van der Waals surface area contributed by atoms with Crippen molar-refractivity contribution >= 4 is 11.8 Å². The minimum Gasteiger partial charge on any atom is -0.391 e. The van der Waals surface area contributed by atoms with Gasteiger partial charge in [-0.1, -0.05) is 6.07 Å². The van der Waals surface area contributed by atoms with Crippen LogP contribution in [0.1, 0.15) is 12.1 Å². The maximum atomic E-state index is 9.59. The number of hydrogen-bond donors (Lipinski definition) is 2. The van der Waals surface area contributed by atoms with Crippen LogP contribution in [0.4, 0.5) is 11.8 Å². The number of nitrogens with zero attached hydrogens (tertiary/aromatic N) is 4. The van der Waals surface area contributed by atoms with Gasteiger partial charge in [-0.15, -0.1) is 0 Å². The molecule has 0 amide bonds. The van der Waals surface area contributed by atoms with Gasteiger partial charge in [-0.3, -0.25) is 4.98 Å². The summed E-state index contributed by atoms with van der Waals surface area (Å²) in [4.78, 5) is 15.1. The summed E-state index contributed by atoms with van der Waals surface area (Å²) >= 11 is 0. The van der Waals surface area contributed by atoms with Crippen LogP contribution in [0.3, 0.4) is 0 Å². The standard InChI is InChI=1S/C15H19N5O/c21-13-6-10-20(11-13)14-5-9-18-15(19-14)17-8-4-12-3-1-2-7-16-12/h1-3,5,7,9,13,21H,4,6,8,10-11H2,(H,17,18,19). The first-order chi connectivity index (χ1) is 10.3. The van der Waals surface area contributed by atoms with Crippen molar-refractivity contribution in [1.29, 1.82) is 0 Å². The average molecular weight is 285 g/mol. The van der Waals surface area contributed by atoms with E-state index in [1.807, 2.05) is 24.3 Å². The zero-order valence-corrected chi connectivity index (χ0v) is 11.8. The predicted octanol–water partition coefficient (Wildman–Crippen LogP) is 1.10.